The van der Waals surface area contributed by atoms with Gasteiger partial charge < -0.3 is 55.1 Å². The average Bonchev–Trinajstić information content (AvgIpc) is 2.55. The molecule has 11 nitrogen and oxygen atoms in total. The van der Waals surface area contributed by atoms with E-state index in [1.165, 1.54) is 0 Å². The predicted octanol–water partition coefficient (Wildman–Crippen LogP) is -5.40. The Morgan fingerprint density at radius 1 is 0.652 bits per heavy atom. The normalized spacial score (nSPS) is 51.7. The van der Waals surface area contributed by atoms with Crippen molar-refractivity contribution in [1.82, 2.24) is 0 Å². The van der Waals surface area contributed by atoms with Gasteiger partial charge in [0.05, 0.1) is 13.2 Å². The molecule has 10 atom stereocenters. The Balaban J connectivity index is 2.11. The van der Waals surface area contributed by atoms with Gasteiger partial charge in [0.25, 0.3) is 0 Å². The van der Waals surface area contributed by atoms with Gasteiger partial charge in [0.15, 0.2) is 12.6 Å². The molecule has 11 heteroatoms. The monoisotopic (exact) mass is 342 g/mol. The second-order valence-corrected chi connectivity index (χ2v) is 5.53. The lowest BCUT2D eigenvalue weighted by molar-refractivity contribution is -0.355. The maximum absolute atomic E-state index is 9.94. The molecule has 2 rings (SSSR count). The highest BCUT2D eigenvalue weighted by Gasteiger charge is 2.50. The Bertz CT molecular complexity index is 378. The van der Waals surface area contributed by atoms with E-state index in [9.17, 15) is 35.7 Å². The van der Waals surface area contributed by atoms with E-state index in [4.69, 9.17) is 19.3 Å². The van der Waals surface area contributed by atoms with E-state index in [-0.39, 0.29) is 0 Å². The van der Waals surface area contributed by atoms with E-state index in [1.807, 2.05) is 0 Å². The molecule has 0 aromatic rings. The first kappa shape index (κ1) is 18.9. The van der Waals surface area contributed by atoms with Crippen LogP contribution in [0.5, 0.6) is 0 Å². The number of hydrogen-bond donors (Lipinski definition) is 8. The first-order valence-electron chi connectivity index (χ1n) is 7.08. The Labute approximate surface area is 130 Å². The third-order valence-corrected chi connectivity index (χ3v) is 3.98. The summed E-state index contributed by atoms with van der Waals surface area (Å²) in [7, 11) is 0. The minimum atomic E-state index is -1.74. The molecule has 23 heavy (non-hydrogen) atoms. The quantitative estimate of drug-likeness (QED) is 0.243. The second-order valence-electron chi connectivity index (χ2n) is 5.53. The molecule has 0 radical (unpaired) electrons. The van der Waals surface area contributed by atoms with Crippen LogP contribution < -0.4 is 0 Å². The van der Waals surface area contributed by atoms with Gasteiger partial charge in [-0.3, -0.25) is 0 Å². The summed E-state index contributed by atoms with van der Waals surface area (Å²) in [5, 5.41) is 76.5. The third-order valence-electron chi connectivity index (χ3n) is 3.98. The van der Waals surface area contributed by atoms with Crippen LogP contribution in [0.25, 0.3) is 0 Å². The Morgan fingerprint density at radius 2 is 1.26 bits per heavy atom. The number of ether oxygens (including phenoxy) is 3. The van der Waals surface area contributed by atoms with Crippen molar-refractivity contribution in [3.05, 3.63) is 0 Å². The predicted molar refractivity (Wildman–Crippen MR) is 68.6 cm³/mol. The molecular weight excluding hydrogens is 320 g/mol. The Kier molecular flexibility index (Phi) is 6.27. The van der Waals surface area contributed by atoms with Crippen molar-refractivity contribution >= 4 is 0 Å². The van der Waals surface area contributed by atoms with Gasteiger partial charge in [0, 0.05) is 0 Å². The van der Waals surface area contributed by atoms with Gasteiger partial charge in [-0.15, -0.1) is 0 Å². The summed E-state index contributed by atoms with van der Waals surface area (Å²) < 4.78 is 15.3. The van der Waals surface area contributed by atoms with Crippen molar-refractivity contribution in [2.45, 2.75) is 61.4 Å². The molecule has 136 valence electrons. The van der Waals surface area contributed by atoms with E-state index in [0.29, 0.717) is 0 Å². The zero-order chi connectivity index (χ0) is 17.3. The lowest BCUT2D eigenvalue weighted by atomic mass is 9.97. The molecule has 0 aromatic heterocycles. The SMILES string of the molecule is OCC1OC(O[C@@H]2C(CO)OC(O)[C@H](O)C2O)[C@H](O)C(O)[C@@H]1O. The van der Waals surface area contributed by atoms with Crippen LogP contribution in [0.2, 0.25) is 0 Å². The molecule has 2 aliphatic rings. The van der Waals surface area contributed by atoms with E-state index < -0.39 is 74.6 Å². The Morgan fingerprint density at radius 3 is 1.83 bits per heavy atom. The molecule has 2 saturated heterocycles. The minimum absolute atomic E-state index is 0.667. The highest BCUT2D eigenvalue weighted by Crippen LogP contribution is 2.28. The number of rotatable bonds is 4. The largest absolute Gasteiger partial charge is 0.394 e. The van der Waals surface area contributed by atoms with Gasteiger partial charge in [-0.2, -0.15) is 0 Å². The fourth-order valence-electron chi connectivity index (χ4n) is 2.57. The molecule has 0 spiro atoms. The van der Waals surface area contributed by atoms with Crippen molar-refractivity contribution in [2.75, 3.05) is 13.2 Å². The Hall–Kier alpha value is -0.440. The van der Waals surface area contributed by atoms with Gasteiger partial charge in [-0.25, -0.2) is 0 Å². The fraction of sp³-hybridized carbons (Fsp3) is 1.00. The minimum Gasteiger partial charge on any atom is -0.394 e. The maximum Gasteiger partial charge on any atom is 0.187 e. The van der Waals surface area contributed by atoms with Crippen molar-refractivity contribution in [3.63, 3.8) is 0 Å². The molecule has 8 N–H and O–H groups in total. The van der Waals surface area contributed by atoms with Crippen LogP contribution in [0.15, 0.2) is 0 Å². The third kappa shape index (κ3) is 3.65. The van der Waals surface area contributed by atoms with Gasteiger partial charge >= 0.3 is 0 Å². The van der Waals surface area contributed by atoms with Crippen LogP contribution in [0.4, 0.5) is 0 Å². The second kappa shape index (κ2) is 7.63. The summed E-state index contributed by atoms with van der Waals surface area (Å²) >= 11 is 0. The van der Waals surface area contributed by atoms with Gasteiger partial charge in [-0.1, -0.05) is 0 Å². The smallest absolute Gasteiger partial charge is 0.187 e. The number of hydrogen-bond acceptors (Lipinski definition) is 11. The topological polar surface area (TPSA) is 190 Å². The van der Waals surface area contributed by atoms with Crippen LogP contribution in [0, 0.1) is 0 Å². The molecule has 2 aliphatic heterocycles. The van der Waals surface area contributed by atoms with E-state index in [2.05, 4.69) is 0 Å². The number of aliphatic hydroxyl groups is 8. The van der Waals surface area contributed by atoms with Gasteiger partial charge in [0.1, 0.15) is 48.8 Å². The summed E-state index contributed by atoms with van der Waals surface area (Å²) in [5.41, 5.74) is 0. The fourth-order valence-corrected chi connectivity index (χ4v) is 2.57. The molecule has 0 saturated carbocycles. The van der Waals surface area contributed by atoms with E-state index in [0.717, 1.165) is 0 Å². The van der Waals surface area contributed by atoms with Crippen LogP contribution in [0.1, 0.15) is 0 Å². The van der Waals surface area contributed by atoms with Crippen LogP contribution in [-0.2, 0) is 14.2 Å². The van der Waals surface area contributed by atoms with Gasteiger partial charge in [0.2, 0.25) is 0 Å². The summed E-state index contributed by atoms with van der Waals surface area (Å²) in [4.78, 5) is 0. The molecule has 0 bridgehead atoms. The lowest BCUT2D eigenvalue weighted by Gasteiger charge is -2.45. The summed E-state index contributed by atoms with van der Waals surface area (Å²) in [6.07, 6.45) is -15.6. The highest BCUT2D eigenvalue weighted by atomic mass is 16.7. The molecule has 2 heterocycles. The van der Waals surface area contributed by atoms with Crippen LogP contribution >= 0.6 is 0 Å². The molecule has 6 unspecified atom stereocenters. The highest BCUT2D eigenvalue weighted by molar-refractivity contribution is 4.93. The number of aliphatic hydroxyl groups excluding tert-OH is 8. The van der Waals surface area contributed by atoms with Crippen LogP contribution in [-0.4, -0.2) is 115 Å². The maximum atomic E-state index is 9.94. The lowest BCUT2D eigenvalue weighted by Crippen LogP contribution is -2.64. The van der Waals surface area contributed by atoms with E-state index in [1.54, 1.807) is 0 Å². The first-order chi connectivity index (χ1) is 10.8. The molecule has 0 aromatic carbocycles. The van der Waals surface area contributed by atoms with E-state index >= 15 is 0 Å². The molecule has 2 fully saturated rings. The van der Waals surface area contributed by atoms with Gasteiger partial charge in [-0.05, 0) is 0 Å². The summed E-state index contributed by atoms with van der Waals surface area (Å²) in [6, 6.07) is 0. The standard InChI is InChI=1S/C12H22O11/c13-1-3-5(15)6(16)9(19)12(22-3)23-10-4(2-14)21-11(20)8(18)7(10)17/h3-20H,1-2H2/t3?,4?,5-,6?,7?,8-,9-,10-,11?,12?/m1/s1. The molecule has 0 aliphatic carbocycles. The van der Waals surface area contributed by atoms with Crippen molar-refractivity contribution in [1.29, 1.82) is 0 Å². The molecule has 0 amide bonds. The summed E-state index contributed by atoms with van der Waals surface area (Å²) in [5.74, 6) is 0. The average molecular weight is 342 g/mol. The van der Waals surface area contributed by atoms with Crippen LogP contribution in [0.3, 0.4) is 0 Å². The summed E-state index contributed by atoms with van der Waals surface area (Å²) in [6.45, 7) is -1.35. The first-order valence-corrected chi connectivity index (χ1v) is 7.08. The van der Waals surface area contributed by atoms with Crippen molar-refractivity contribution in [2.24, 2.45) is 0 Å². The van der Waals surface area contributed by atoms with Crippen molar-refractivity contribution < 1.29 is 55.1 Å². The zero-order valence-electron chi connectivity index (χ0n) is 12.0. The van der Waals surface area contributed by atoms with Crippen molar-refractivity contribution in [3.8, 4) is 0 Å². The molecular formula is C12H22O11. The zero-order valence-corrected chi connectivity index (χ0v) is 12.0.